The van der Waals surface area contributed by atoms with E-state index in [9.17, 15) is 4.79 Å². The summed E-state index contributed by atoms with van der Waals surface area (Å²) in [6, 6.07) is 3.54. The van der Waals surface area contributed by atoms with Gasteiger partial charge in [-0.1, -0.05) is 6.07 Å². The lowest BCUT2D eigenvalue weighted by molar-refractivity contribution is -0.136. The molecule has 0 saturated carbocycles. The lowest BCUT2D eigenvalue weighted by Gasteiger charge is -2.01. The lowest BCUT2D eigenvalue weighted by Crippen LogP contribution is -1.96. The number of phenolic OH excluding ortho intramolecular Hbond substituents is 2. The fourth-order valence-electron chi connectivity index (χ4n) is 0.812. The van der Waals surface area contributed by atoms with Crippen molar-refractivity contribution in [1.29, 1.82) is 0 Å². The Bertz CT molecular complexity index is 380. The molecule has 0 fully saturated rings. The average Bonchev–Trinajstić information content (AvgIpc) is 2.19. The van der Waals surface area contributed by atoms with Crippen molar-refractivity contribution >= 4 is 5.97 Å². The molecule has 0 aliphatic heterocycles. The highest BCUT2D eigenvalue weighted by atomic mass is 16.4. The van der Waals surface area contributed by atoms with Gasteiger partial charge in [-0.15, -0.1) is 0 Å². The van der Waals surface area contributed by atoms with Crippen molar-refractivity contribution in [3.8, 4) is 11.5 Å². The van der Waals surface area contributed by atoms with E-state index < -0.39 is 24.5 Å². The van der Waals surface area contributed by atoms with Crippen LogP contribution < -0.4 is 0 Å². The van der Waals surface area contributed by atoms with Gasteiger partial charge >= 0.3 is 5.97 Å². The zero-order valence-electron chi connectivity index (χ0n) is 8.64. The van der Waals surface area contributed by atoms with Gasteiger partial charge < -0.3 is 15.3 Å². The molecule has 0 radical (unpaired) electrons. The van der Waals surface area contributed by atoms with Crippen LogP contribution in [0.1, 0.15) is 14.7 Å². The van der Waals surface area contributed by atoms with E-state index in [1.54, 1.807) is 0 Å². The summed E-state index contributed by atoms with van der Waals surface area (Å²) >= 11 is 0. The molecule has 13 heavy (non-hydrogen) atoms. The molecule has 0 saturated heterocycles. The maximum absolute atomic E-state index is 10.4. The van der Waals surface area contributed by atoms with Crippen LogP contribution in [-0.4, -0.2) is 21.3 Å². The van der Waals surface area contributed by atoms with Crippen molar-refractivity contribution in [2.45, 2.75) is 12.8 Å². The van der Waals surface area contributed by atoms with Gasteiger partial charge in [-0.25, -0.2) is 0 Å². The van der Waals surface area contributed by atoms with Crippen molar-refractivity contribution in [1.82, 2.24) is 0 Å². The molecule has 1 aromatic rings. The number of phenols is 2. The Kier molecular flexibility index (Phi) is 1.98. The van der Waals surface area contributed by atoms with E-state index in [1.165, 1.54) is 6.07 Å². The highest BCUT2D eigenvalue weighted by Crippen LogP contribution is 2.25. The van der Waals surface area contributed by atoms with Gasteiger partial charge in [0.1, 0.15) is 0 Å². The van der Waals surface area contributed by atoms with E-state index in [4.69, 9.17) is 18.1 Å². The number of rotatable bonds is 3. The van der Waals surface area contributed by atoms with E-state index in [0.29, 0.717) is 0 Å². The quantitative estimate of drug-likeness (QED) is 0.615. The topological polar surface area (TPSA) is 77.8 Å². The van der Waals surface area contributed by atoms with E-state index in [-0.39, 0.29) is 11.3 Å². The molecule has 4 heteroatoms. The molecule has 3 N–H and O–H groups in total. The third kappa shape index (κ3) is 2.66. The molecule has 1 rings (SSSR count). The predicted molar refractivity (Wildman–Crippen MR) is 45.7 cm³/mol. The van der Waals surface area contributed by atoms with Crippen LogP contribution in [0, 0.1) is 0 Å². The first kappa shape index (κ1) is 6.77. The zero-order chi connectivity index (χ0) is 11.6. The molecule has 0 aromatic heterocycles. The molecule has 0 bridgehead atoms. The molecule has 0 aliphatic rings. The maximum atomic E-state index is 10.4. The van der Waals surface area contributed by atoms with Gasteiger partial charge in [0.25, 0.3) is 0 Å². The Labute approximate surface area is 77.9 Å². The van der Waals surface area contributed by atoms with Gasteiger partial charge in [0.2, 0.25) is 0 Å². The highest BCUT2D eigenvalue weighted by Gasteiger charge is 2.02. The van der Waals surface area contributed by atoms with E-state index in [2.05, 4.69) is 0 Å². The number of benzene rings is 1. The third-order valence-corrected chi connectivity index (χ3v) is 1.42. The van der Waals surface area contributed by atoms with Gasteiger partial charge in [0, 0.05) is 9.14 Å². The second-order valence-electron chi connectivity index (χ2n) is 2.42. The van der Waals surface area contributed by atoms with Crippen LogP contribution in [0.3, 0.4) is 0 Å². The van der Waals surface area contributed by atoms with Crippen LogP contribution in [-0.2, 0) is 11.2 Å². The number of hydrogen-bond acceptors (Lipinski definition) is 3. The normalized spacial score (nSPS) is 16.9. The third-order valence-electron chi connectivity index (χ3n) is 1.42. The number of hydrogen-bond donors (Lipinski definition) is 3. The predicted octanol–water partition coefficient (Wildman–Crippen LogP) is 1.11. The number of aryl methyl sites for hydroxylation is 1. The summed E-state index contributed by atoms with van der Waals surface area (Å²) in [7, 11) is 0. The molecule has 2 unspecified atom stereocenters. The van der Waals surface area contributed by atoms with Crippen LogP contribution in [0.25, 0.3) is 0 Å². The van der Waals surface area contributed by atoms with E-state index >= 15 is 0 Å². The standard InChI is InChI=1S/C9H10O4/c10-7-3-1-6(5-8(7)11)2-4-9(12)13/h1,3,5,10-11H,2,4H2,(H,12,13)/i2D,4D. The fourth-order valence-corrected chi connectivity index (χ4v) is 0.812. The monoisotopic (exact) mass is 184 g/mol. The lowest BCUT2D eigenvalue weighted by atomic mass is 10.1. The van der Waals surface area contributed by atoms with Gasteiger partial charge in [-0.2, -0.15) is 0 Å². The van der Waals surface area contributed by atoms with Crippen molar-refractivity contribution in [2.75, 3.05) is 0 Å². The summed E-state index contributed by atoms with van der Waals surface area (Å²) in [5.74, 6) is -2.17. The Hall–Kier alpha value is -1.71. The molecule has 1 aromatic carbocycles. The number of aliphatic carboxylic acids is 1. The molecular weight excluding hydrogens is 172 g/mol. The van der Waals surface area contributed by atoms with Gasteiger partial charge in [0.05, 0.1) is 0 Å². The number of carboxylic acids is 1. The van der Waals surface area contributed by atoms with Gasteiger partial charge in [-0.05, 0) is 24.1 Å². The summed E-state index contributed by atoms with van der Waals surface area (Å²) in [5, 5.41) is 26.6. The van der Waals surface area contributed by atoms with Crippen LogP contribution >= 0.6 is 0 Å². The second kappa shape index (κ2) is 3.80. The summed E-state index contributed by atoms with van der Waals surface area (Å²) in [6.45, 7) is 0. The molecule has 70 valence electrons. The van der Waals surface area contributed by atoms with E-state index in [1.807, 2.05) is 0 Å². The molecule has 0 aliphatic carbocycles. The van der Waals surface area contributed by atoms with Crippen LogP contribution in [0.2, 0.25) is 0 Å². The minimum Gasteiger partial charge on any atom is -0.504 e. The Morgan fingerprint density at radius 1 is 1.38 bits per heavy atom. The van der Waals surface area contributed by atoms with Crippen molar-refractivity contribution in [3.63, 3.8) is 0 Å². The van der Waals surface area contributed by atoms with E-state index in [0.717, 1.165) is 12.1 Å². The molecular formula is C9H10O4. The highest BCUT2D eigenvalue weighted by molar-refractivity contribution is 5.67. The molecule has 0 amide bonds. The number of carbonyl (C=O) groups is 1. The maximum Gasteiger partial charge on any atom is 0.303 e. The average molecular weight is 184 g/mol. The fraction of sp³-hybridized carbons (Fsp3) is 0.222. The summed E-state index contributed by atoms with van der Waals surface area (Å²) in [5.41, 5.74) is 0.174. The van der Waals surface area contributed by atoms with Crippen molar-refractivity contribution in [3.05, 3.63) is 23.8 Å². The molecule has 0 heterocycles. The summed E-state index contributed by atoms with van der Waals surface area (Å²) < 4.78 is 14.6. The minimum atomic E-state index is -1.62. The van der Waals surface area contributed by atoms with Crippen molar-refractivity contribution < 1.29 is 22.9 Å². The smallest absolute Gasteiger partial charge is 0.303 e. The van der Waals surface area contributed by atoms with Crippen molar-refractivity contribution in [2.24, 2.45) is 0 Å². The first-order valence-corrected chi connectivity index (χ1v) is 3.52. The second-order valence-corrected chi connectivity index (χ2v) is 2.42. The molecule has 0 spiro atoms. The largest absolute Gasteiger partial charge is 0.504 e. The molecule has 2 atom stereocenters. The number of carboxylic acid groups (broad SMARTS) is 1. The summed E-state index contributed by atoms with van der Waals surface area (Å²) in [6.07, 6.45) is -2.91. The van der Waals surface area contributed by atoms with Gasteiger partial charge in [-0.3, -0.25) is 4.79 Å². The molecule has 4 nitrogen and oxygen atoms in total. The zero-order valence-corrected chi connectivity index (χ0v) is 6.64. The first-order valence-electron chi connectivity index (χ1n) is 4.68. The SMILES string of the molecule is [2H]C(C(=O)O)C([2H])c1ccc(O)c(O)c1. The Morgan fingerprint density at radius 2 is 2.08 bits per heavy atom. The van der Waals surface area contributed by atoms with Crippen LogP contribution in [0.4, 0.5) is 0 Å². The van der Waals surface area contributed by atoms with Gasteiger partial charge in [0.15, 0.2) is 11.5 Å². The summed E-state index contributed by atoms with van der Waals surface area (Å²) in [4.78, 5) is 10.4. The Balaban J connectivity index is 2.96. The van der Waals surface area contributed by atoms with Crippen LogP contribution in [0.5, 0.6) is 11.5 Å². The number of aromatic hydroxyl groups is 2. The van der Waals surface area contributed by atoms with Crippen LogP contribution in [0.15, 0.2) is 18.2 Å². The first-order chi connectivity index (χ1) is 6.93. The Morgan fingerprint density at radius 3 is 2.62 bits per heavy atom. The minimum absolute atomic E-state index is 0.174.